The predicted molar refractivity (Wildman–Crippen MR) is 77.5 cm³/mol. The van der Waals surface area contributed by atoms with E-state index in [0.717, 1.165) is 13.0 Å². The van der Waals surface area contributed by atoms with Crippen molar-refractivity contribution in [3.63, 3.8) is 0 Å². The molecule has 1 aromatic rings. The molecule has 2 aliphatic rings. The molecule has 1 aromatic heterocycles. The number of rotatable bonds is 4. The van der Waals surface area contributed by atoms with Gasteiger partial charge in [0.2, 0.25) is 11.8 Å². The van der Waals surface area contributed by atoms with Crippen molar-refractivity contribution in [3.8, 4) is 0 Å². The predicted octanol–water partition coefficient (Wildman–Crippen LogP) is 2.13. The first-order valence-electron chi connectivity index (χ1n) is 7.86. The fraction of sp³-hybridized carbons (Fsp3) is 0.800. The molecule has 6 heteroatoms. The van der Waals surface area contributed by atoms with E-state index < -0.39 is 5.54 Å². The van der Waals surface area contributed by atoms with Crippen molar-refractivity contribution in [2.45, 2.75) is 70.5 Å². The molecule has 1 amide bonds. The fourth-order valence-electron chi connectivity index (χ4n) is 3.47. The largest absolute Gasteiger partial charge is 0.344 e. The van der Waals surface area contributed by atoms with Crippen LogP contribution in [0.2, 0.25) is 0 Å². The number of nitrogens with one attached hydrogen (secondary N) is 1. The van der Waals surface area contributed by atoms with E-state index in [1.807, 2.05) is 13.8 Å². The van der Waals surface area contributed by atoms with Crippen LogP contribution in [0.3, 0.4) is 0 Å². The average molecular weight is 292 g/mol. The zero-order valence-corrected chi connectivity index (χ0v) is 13.1. The van der Waals surface area contributed by atoms with Gasteiger partial charge in [0.05, 0.1) is 11.6 Å². The third kappa shape index (κ3) is 2.81. The molecule has 0 radical (unpaired) electrons. The molecular weight excluding hydrogens is 268 g/mol. The molecule has 1 aliphatic heterocycles. The number of likely N-dealkylation sites (tertiary alicyclic amines) is 1. The van der Waals surface area contributed by atoms with Gasteiger partial charge in [0.1, 0.15) is 0 Å². The van der Waals surface area contributed by atoms with Gasteiger partial charge in [-0.3, -0.25) is 9.69 Å². The zero-order valence-electron chi connectivity index (χ0n) is 13.1. The van der Waals surface area contributed by atoms with Crippen LogP contribution in [0.25, 0.3) is 0 Å². The van der Waals surface area contributed by atoms with E-state index in [4.69, 9.17) is 4.52 Å². The lowest BCUT2D eigenvalue weighted by atomic mass is 9.98. The van der Waals surface area contributed by atoms with E-state index in [2.05, 4.69) is 20.4 Å². The SMILES string of the molecule is CC(=O)NC(C)(C)c1noc(C2CCN2C2CCCC2)n1. The minimum Gasteiger partial charge on any atom is -0.344 e. The summed E-state index contributed by atoms with van der Waals surface area (Å²) in [5, 5.41) is 6.93. The Kier molecular flexibility index (Phi) is 3.73. The molecule has 0 aromatic carbocycles. The average Bonchev–Trinajstić information content (AvgIpc) is 2.97. The standard InChI is InChI=1S/C15H24N4O2/c1-10(20)17-15(2,3)14-16-13(21-18-14)12-8-9-19(12)11-6-4-5-7-11/h11-12H,4-9H2,1-3H3,(H,17,20). The van der Waals surface area contributed by atoms with Gasteiger partial charge in [-0.05, 0) is 33.1 Å². The molecule has 2 fully saturated rings. The first kappa shape index (κ1) is 14.5. The lowest BCUT2D eigenvalue weighted by Gasteiger charge is -2.42. The zero-order chi connectivity index (χ0) is 15.0. The Morgan fingerprint density at radius 3 is 2.62 bits per heavy atom. The van der Waals surface area contributed by atoms with E-state index in [1.165, 1.54) is 32.6 Å². The van der Waals surface area contributed by atoms with Crippen LogP contribution in [0.15, 0.2) is 4.52 Å². The number of carbonyl (C=O) groups is 1. The topological polar surface area (TPSA) is 71.3 Å². The van der Waals surface area contributed by atoms with Crippen LogP contribution >= 0.6 is 0 Å². The van der Waals surface area contributed by atoms with Gasteiger partial charge in [0.25, 0.3) is 0 Å². The number of hydrogen-bond donors (Lipinski definition) is 1. The maximum absolute atomic E-state index is 11.3. The summed E-state index contributed by atoms with van der Waals surface area (Å²) in [5.41, 5.74) is -0.602. The molecule has 116 valence electrons. The number of aromatic nitrogens is 2. The highest BCUT2D eigenvalue weighted by Gasteiger charge is 2.40. The van der Waals surface area contributed by atoms with Crippen LogP contribution in [0.1, 0.15) is 70.6 Å². The van der Waals surface area contributed by atoms with E-state index in [1.54, 1.807) is 0 Å². The molecule has 21 heavy (non-hydrogen) atoms. The van der Waals surface area contributed by atoms with E-state index in [9.17, 15) is 4.79 Å². The van der Waals surface area contributed by atoms with Crippen molar-refractivity contribution in [1.29, 1.82) is 0 Å². The Morgan fingerprint density at radius 1 is 1.33 bits per heavy atom. The molecule has 1 N–H and O–H groups in total. The van der Waals surface area contributed by atoms with Gasteiger partial charge in [0.15, 0.2) is 5.82 Å². The molecule has 0 bridgehead atoms. The third-order valence-corrected chi connectivity index (χ3v) is 4.63. The minimum absolute atomic E-state index is 0.0948. The van der Waals surface area contributed by atoms with Crippen LogP contribution in [0, 0.1) is 0 Å². The quantitative estimate of drug-likeness (QED) is 0.920. The lowest BCUT2D eigenvalue weighted by Crippen LogP contribution is -2.46. The van der Waals surface area contributed by atoms with Crippen molar-refractivity contribution in [2.24, 2.45) is 0 Å². The van der Waals surface area contributed by atoms with Gasteiger partial charge < -0.3 is 9.84 Å². The summed E-state index contributed by atoms with van der Waals surface area (Å²) in [6.07, 6.45) is 6.32. The summed E-state index contributed by atoms with van der Waals surface area (Å²) in [6, 6.07) is 0.949. The smallest absolute Gasteiger partial charge is 0.244 e. The van der Waals surface area contributed by atoms with Crippen LogP contribution in [0.5, 0.6) is 0 Å². The molecule has 1 atom stereocenters. The number of nitrogens with zero attached hydrogens (tertiary/aromatic N) is 3. The normalized spacial score (nSPS) is 24.0. The fourth-order valence-corrected chi connectivity index (χ4v) is 3.47. The second-order valence-corrected chi connectivity index (χ2v) is 6.74. The summed E-state index contributed by atoms with van der Waals surface area (Å²) in [5.74, 6) is 1.15. The summed E-state index contributed by atoms with van der Waals surface area (Å²) >= 11 is 0. The molecule has 1 aliphatic carbocycles. The van der Waals surface area contributed by atoms with Gasteiger partial charge in [-0.15, -0.1) is 0 Å². The Labute approximate surface area is 125 Å². The van der Waals surface area contributed by atoms with Gasteiger partial charge in [-0.2, -0.15) is 4.98 Å². The van der Waals surface area contributed by atoms with Crippen molar-refractivity contribution in [3.05, 3.63) is 11.7 Å². The van der Waals surface area contributed by atoms with E-state index in [-0.39, 0.29) is 11.9 Å². The third-order valence-electron chi connectivity index (χ3n) is 4.63. The van der Waals surface area contributed by atoms with Crippen molar-refractivity contribution in [1.82, 2.24) is 20.4 Å². The number of hydrogen-bond acceptors (Lipinski definition) is 5. The first-order chi connectivity index (χ1) is 9.97. The van der Waals surface area contributed by atoms with Crippen molar-refractivity contribution in [2.75, 3.05) is 6.54 Å². The molecule has 0 spiro atoms. The van der Waals surface area contributed by atoms with Gasteiger partial charge in [-0.25, -0.2) is 0 Å². The molecular formula is C15H24N4O2. The van der Waals surface area contributed by atoms with Crippen LogP contribution in [-0.4, -0.2) is 33.5 Å². The highest BCUT2D eigenvalue weighted by atomic mass is 16.5. The van der Waals surface area contributed by atoms with E-state index in [0.29, 0.717) is 17.8 Å². The van der Waals surface area contributed by atoms with Crippen LogP contribution in [0.4, 0.5) is 0 Å². The van der Waals surface area contributed by atoms with Gasteiger partial charge >= 0.3 is 0 Å². The molecule has 1 unspecified atom stereocenters. The second-order valence-electron chi connectivity index (χ2n) is 6.74. The first-order valence-corrected chi connectivity index (χ1v) is 7.86. The van der Waals surface area contributed by atoms with E-state index >= 15 is 0 Å². The molecule has 3 rings (SSSR count). The number of carbonyl (C=O) groups excluding carboxylic acids is 1. The monoisotopic (exact) mass is 292 g/mol. The van der Waals surface area contributed by atoms with Crippen molar-refractivity contribution < 1.29 is 9.32 Å². The minimum atomic E-state index is -0.602. The summed E-state index contributed by atoms with van der Waals surface area (Å²) in [4.78, 5) is 18.3. The van der Waals surface area contributed by atoms with Gasteiger partial charge in [-0.1, -0.05) is 18.0 Å². The second kappa shape index (κ2) is 5.40. The molecule has 2 heterocycles. The van der Waals surface area contributed by atoms with Crippen LogP contribution < -0.4 is 5.32 Å². The lowest BCUT2D eigenvalue weighted by molar-refractivity contribution is -0.120. The Bertz CT molecular complexity index is 519. The number of amides is 1. The Balaban J connectivity index is 1.71. The van der Waals surface area contributed by atoms with Gasteiger partial charge in [0, 0.05) is 19.5 Å². The van der Waals surface area contributed by atoms with Crippen molar-refractivity contribution >= 4 is 5.91 Å². The molecule has 6 nitrogen and oxygen atoms in total. The maximum atomic E-state index is 11.3. The molecule has 1 saturated carbocycles. The molecule has 1 saturated heterocycles. The summed E-state index contributed by atoms with van der Waals surface area (Å²) in [6.45, 7) is 6.40. The Morgan fingerprint density at radius 2 is 2.05 bits per heavy atom. The maximum Gasteiger partial charge on any atom is 0.244 e. The van der Waals surface area contributed by atoms with Crippen LogP contribution in [-0.2, 0) is 10.3 Å². The Hall–Kier alpha value is -1.43. The summed E-state index contributed by atoms with van der Waals surface area (Å²) < 4.78 is 5.47. The highest BCUT2D eigenvalue weighted by molar-refractivity contribution is 5.73. The summed E-state index contributed by atoms with van der Waals surface area (Å²) in [7, 11) is 0. The highest BCUT2D eigenvalue weighted by Crippen LogP contribution is 2.39.